The molecule has 0 aliphatic rings. The van der Waals surface area contributed by atoms with E-state index in [1.165, 1.54) is 28.8 Å². The van der Waals surface area contributed by atoms with Crippen molar-refractivity contribution in [1.29, 1.82) is 0 Å². The van der Waals surface area contributed by atoms with Crippen LogP contribution in [0.2, 0.25) is 0 Å². The van der Waals surface area contributed by atoms with Crippen LogP contribution in [0.25, 0.3) is 16.6 Å². The molecule has 0 fully saturated rings. The van der Waals surface area contributed by atoms with E-state index in [0.29, 0.717) is 22.3 Å². The number of nitrogens with zero attached hydrogens (tertiary/aromatic N) is 2. The van der Waals surface area contributed by atoms with Gasteiger partial charge >= 0.3 is 5.69 Å². The number of amides is 1. The summed E-state index contributed by atoms with van der Waals surface area (Å²) >= 11 is 0. The highest BCUT2D eigenvalue weighted by Crippen LogP contribution is 2.12. The third kappa shape index (κ3) is 3.65. The van der Waals surface area contributed by atoms with Gasteiger partial charge in [-0.15, -0.1) is 0 Å². The van der Waals surface area contributed by atoms with Gasteiger partial charge in [0.25, 0.3) is 5.56 Å². The average Bonchev–Trinajstić information content (AvgIpc) is 2.74. The Morgan fingerprint density at radius 2 is 1.60 bits per heavy atom. The number of fused-ring (bicyclic) bond motifs is 1. The van der Waals surface area contributed by atoms with E-state index in [1.54, 1.807) is 36.4 Å². The Kier molecular flexibility index (Phi) is 5.02. The van der Waals surface area contributed by atoms with Gasteiger partial charge < -0.3 is 5.32 Å². The molecule has 0 saturated heterocycles. The van der Waals surface area contributed by atoms with E-state index < -0.39 is 23.0 Å². The minimum absolute atomic E-state index is 0.303. The van der Waals surface area contributed by atoms with Gasteiger partial charge in [-0.1, -0.05) is 29.8 Å². The normalized spacial score (nSPS) is 10.9. The number of carbonyl (C=O) groups excluding carboxylic acids is 1. The van der Waals surface area contributed by atoms with E-state index in [4.69, 9.17) is 0 Å². The van der Waals surface area contributed by atoms with Crippen LogP contribution in [0, 0.1) is 12.7 Å². The average molecular weight is 403 g/mol. The zero-order chi connectivity index (χ0) is 21.3. The number of benzene rings is 3. The number of hydrogen-bond acceptors (Lipinski definition) is 3. The fourth-order valence-electron chi connectivity index (χ4n) is 3.27. The summed E-state index contributed by atoms with van der Waals surface area (Å²) in [7, 11) is 0. The topological polar surface area (TPSA) is 73.1 Å². The summed E-state index contributed by atoms with van der Waals surface area (Å²) in [6, 6.07) is 19.0. The second-order valence-corrected chi connectivity index (χ2v) is 6.92. The van der Waals surface area contributed by atoms with E-state index >= 15 is 0 Å². The third-order valence-electron chi connectivity index (χ3n) is 4.77. The number of aromatic nitrogens is 2. The standard InChI is InChI=1S/C23H18FN3O3/c1-15-6-12-18(13-7-15)27-22(29)19-4-2-3-5-20(19)26(23(27)30)14-21(28)25-17-10-8-16(24)9-11-17/h2-13H,14H2,1H3,(H,25,28). The summed E-state index contributed by atoms with van der Waals surface area (Å²) in [4.78, 5) is 38.8. The molecule has 7 heteroatoms. The molecule has 1 amide bonds. The lowest BCUT2D eigenvalue weighted by Gasteiger charge is -2.14. The molecule has 0 radical (unpaired) electrons. The van der Waals surface area contributed by atoms with E-state index in [2.05, 4.69) is 5.32 Å². The lowest BCUT2D eigenvalue weighted by atomic mass is 10.2. The van der Waals surface area contributed by atoms with Gasteiger partial charge in [-0.2, -0.15) is 0 Å². The monoisotopic (exact) mass is 403 g/mol. The van der Waals surface area contributed by atoms with Crippen LogP contribution in [0.15, 0.2) is 82.4 Å². The predicted molar refractivity (Wildman–Crippen MR) is 114 cm³/mol. The molecular formula is C23H18FN3O3. The molecule has 1 heterocycles. The summed E-state index contributed by atoms with van der Waals surface area (Å²) in [5.74, 6) is -0.886. The molecule has 150 valence electrons. The highest BCUT2D eigenvalue weighted by Gasteiger charge is 2.16. The van der Waals surface area contributed by atoms with Crippen LogP contribution in [0.3, 0.4) is 0 Å². The smallest absolute Gasteiger partial charge is 0.325 e. The Morgan fingerprint density at radius 1 is 0.933 bits per heavy atom. The number of halogens is 1. The van der Waals surface area contributed by atoms with E-state index in [-0.39, 0.29) is 6.54 Å². The number of anilines is 1. The zero-order valence-corrected chi connectivity index (χ0v) is 16.1. The molecule has 0 aliphatic heterocycles. The highest BCUT2D eigenvalue weighted by molar-refractivity contribution is 5.91. The highest BCUT2D eigenvalue weighted by atomic mass is 19.1. The fraction of sp³-hybridized carbons (Fsp3) is 0.0870. The molecule has 0 saturated carbocycles. The van der Waals surface area contributed by atoms with Crippen molar-refractivity contribution in [1.82, 2.24) is 9.13 Å². The van der Waals surface area contributed by atoms with E-state index in [0.717, 1.165) is 10.1 Å². The Hall–Kier alpha value is -4.00. The zero-order valence-electron chi connectivity index (χ0n) is 16.1. The first kappa shape index (κ1) is 19.3. The van der Waals surface area contributed by atoms with Crippen molar-refractivity contribution in [2.45, 2.75) is 13.5 Å². The van der Waals surface area contributed by atoms with Crippen molar-refractivity contribution >= 4 is 22.5 Å². The van der Waals surface area contributed by atoms with Gasteiger partial charge in [-0.25, -0.2) is 13.8 Å². The molecule has 0 unspecified atom stereocenters. The summed E-state index contributed by atoms with van der Waals surface area (Å²) < 4.78 is 15.4. The van der Waals surface area contributed by atoms with E-state index in [9.17, 15) is 18.8 Å². The maximum Gasteiger partial charge on any atom is 0.336 e. The number of para-hydroxylation sites is 1. The summed E-state index contributed by atoms with van der Waals surface area (Å²) in [6.07, 6.45) is 0. The van der Waals surface area contributed by atoms with Gasteiger partial charge in [0.15, 0.2) is 0 Å². The molecule has 30 heavy (non-hydrogen) atoms. The first-order valence-corrected chi connectivity index (χ1v) is 9.31. The predicted octanol–water partition coefficient (Wildman–Crippen LogP) is 3.24. The van der Waals surface area contributed by atoms with Crippen molar-refractivity contribution in [3.8, 4) is 5.69 Å². The van der Waals surface area contributed by atoms with Crippen LogP contribution in [0.4, 0.5) is 10.1 Å². The summed E-state index contributed by atoms with van der Waals surface area (Å²) in [5, 5.41) is 2.96. The molecule has 0 bridgehead atoms. The molecular weight excluding hydrogens is 385 g/mol. The van der Waals surface area contributed by atoms with Crippen molar-refractivity contribution in [3.05, 3.63) is 105 Å². The lowest BCUT2D eigenvalue weighted by Crippen LogP contribution is -2.40. The van der Waals surface area contributed by atoms with Gasteiger partial charge in [0, 0.05) is 5.69 Å². The maximum atomic E-state index is 13.2. The number of aryl methyl sites for hydroxylation is 1. The minimum atomic E-state index is -0.614. The van der Waals surface area contributed by atoms with Crippen LogP contribution in [0.5, 0.6) is 0 Å². The molecule has 4 aromatic rings. The third-order valence-corrected chi connectivity index (χ3v) is 4.77. The second kappa shape index (κ2) is 7.79. The Bertz CT molecular complexity index is 1350. The van der Waals surface area contributed by atoms with E-state index in [1.807, 2.05) is 19.1 Å². The lowest BCUT2D eigenvalue weighted by molar-refractivity contribution is -0.116. The number of rotatable bonds is 4. The quantitative estimate of drug-likeness (QED) is 0.569. The van der Waals surface area contributed by atoms with Crippen molar-refractivity contribution in [3.63, 3.8) is 0 Å². The van der Waals surface area contributed by atoms with Crippen LogP contribution in [0.1, 0.15) is 5.56 Å². The molecule has 1 N–H and O–H groups in total. The summed E-state index contributed by atoms with van der Waals surface area (Å²) in [6.45, 7) is 1.61. The first-order valence-electron chi connectivity index (χ1n) is 9.31. The summed E-state index contributed by atoms with van der Waals surface area (Å²) in [5.41, 5.74) is 1.13. The van der Waals surface area contributed by atoms with Gasteiger partial charge in [-0.3, -0.25) is 14.2 Å². The molecule has 3 aromatic carbocycles. The van der Waals surface area contributed by atoms with Gasteiger partial charge in [0.2, 0.25) is 5.91 Å². The van der Waals surface area contributed by atoms with Crippen molar-refractivity contribution in [2.75, 3.05) is 5.32 Å². The molecule has 6 nitrogen and oxygen atoms in total. The molecule has 0 aliphatic carbocycles. The first-order chi connectivity index (χ1) is 14.4. The minimum Gasteiger partial charge on any atom is -0.325 e. The van der Waals surface area contributed by atoms with Crippen LogP contribution in [-0.4, -0.2) is 15.0 Å². The van der Waals surface area contributed by atoms with Gasteiger partial charge in [-0.05, 0) is 55.5 Å². The largest absolute Gasteiger partial charge is 0.336 e. The Morgan fingerprint density at radius 3 is 2.30 bits per heavy atom. The number of hydrogen-bond donors (Lipinski definition) is 1. The molecule has 0 spiro atoms. The van der Waals surface area contributed by atoms with Crippen molar-refractivity contribution in [2.24, 2.45) is 0 Å². The van der Waals surface area contributed by atoms with Crippen LogP contribution < -0.4 is 16.6 Å². The second-order valence-electron chi connectivity index (χ2n) is 6.92. The van der Waals surface area contributed by atoms with Gasteiger partial charge in [0.1, 0.15) is 12.4 Å². The van der Waals surface area contributed by atoms with Crippen molar-refractivity contribution < 1.29 is 9.18 Å². The SMILES string of the molecule is Cc1ccc(-n2c(=O)c3ccccc3n(CC(=O)Nc3ccc(F)cc3)c2=O)cc1. The molecule has 1 aromatic heterocycles. The fourth-order valence-corrected chi connectivity index (χ4v) is 3.27. The van der Waals surface area contributed by atoms with Crippen LogP contribution >= 0.6 is 0 Å². The molecule has 0 atom stereocenters. The number of nitrogens with one attached hydrogen (secondary N) is 1. The van der Waals surface area contributed by atoms with Gasteiger partial charge in [0.05, 0.1) is 16.6 Å². The Labute approximate surface area is 170 Å². The maximum absolute atomic E-state index is 13.2. The number of carbonyl (C=O) groups is 1. The Balaban J connectivity index is 1.81. The molecule has 4 rings (SSSR count). The van der Waals surface area contributed by atoms with Crippen LogP contribution in [-0.2, 0) is 11.3 Å².